The molecule has 0 bridgehead atoms. The molecule has 27 heavy (non-hydrogen) atoms. The molecule has 0 saturated heterocycles. The van der Waals surface area contributed by atoms with Crippen molar-refractivity contribution in [2.75, 3.05) is 11.9 Å². The second-order valence-corrected chi connectivity index (χ2v) is 8.11. The number of nitrogens with zero attached hydrogens (tertiary/aromatic N) is 4. The van der Waals surface area contributed by atoms with Crippen molar-refractivity contribution in [1.29, 1.82) is 0 Å². The summed E-state index contributed by atoms with van der Waals surface area (Å²) in [6.45, 7) is 4.51. The van der Waals surface area contributed by atoms with E-state index in [0.717, 1.165) is 31.7 Å². The maximum Gasteiger partial charge on any atom is 0.262 e. The first-order chi connectivity index (χ1) is 13.0. The molecule has 1 aliphatic rings. The van der Waals surface area contributed by atoms with Crippen molar-refractivity contribution >= 4 is 34.0 Å². The average molecular weight is 402 g/mol. The van der Waals surface area contributed by atoms with Crippen molar-refractivity contribution < 1.29 is 4.79 Å². The summed E-state index contributed by atoms with van der Waals surface area (Å²) in [6.07, 6.45) is 0.890. The Hall–Kier alpha value is -2.22. The van der Waals surface area contributed by atoms with Crippen LogP contribution in [0, 0.1) is 6.92 Å². The monoisotopic (exact) mass is 401 g/mol. The quantitative estimate of drug-likeness (QED) is 0.724. The van der Waals surface area contributed by atoms with Crippen LogP contribution >= 0.6 is 22.9 Å². The molecular weight excluding hydrogens is 382 g/mol. The number of thiazole rings is 1. The Labute approximate surface area is 166 Å². The normalized spacial score (nSPS) is 14.2. The highest BCUT2D eigenvalue weighted by Gasteiger charge is 2.24. The van der Waals surface area contributed by atoms with Crippen LogP contribution in [0.5, 0.6) is 0 Å². The fourth-order valence-corrected chi connectivity index (χ4v) is 4.63. The summed E-state index contributed by atoms with van der Waals surface area (Å²) in [5.74, 6) is -0.266. The van der Waals surface area contributed by atoms with E-state index in [1.54, 1.807) is 14.0 Å². The molecule has 0 fully saturated rings. The Kier molecular flexibility index (Phi) is 4.99. The van der Waals surface area contributed by atoms with Gasteiger partial charge in [-0.25, -0.2) is 4.98 Å². The van der Waals surface area contributed by atoms with Crippen molar-refractivity contribution in [1.82, 2.24) is 19.7 Å². The predicted octanol–water partition coefficient (Wildman–Crippen LogP) is 3.65. The molecular formula is C19H20ClN5OS. The van der Waals surface area contributed by atoms with Crippen LogP contribution in [0.25, 0.3) is 0 Å². The Bertz CT molecular complexity index is 982. The largest absolute Gasteiger partial charge is 0.298 e. The third-order valence-electron chi connectivity index (χ3n) is 4.66. The van der Waals surface area contributed by atoms with E-state index in [-0.39, 0.29) is 5.91 Å². The highest BCUT2D eigenvalue weighted by atomic mass is 35.5. The second kappa shape index (κ2) is 7.42. The highest BCUT2D eigenvalue weighted by Crippen LogP contribution is 2.30. The van der Waals surface area contributed by atoms with Gasteiger partial charge in [-0.2, -0.15) is 5.10 Å². The molecule has 0 unspecified atom stereocenters. The number of hydrogen-bond acceptors (Lipinski definition) is 5. The number of aromatic nitrogens is 3. The standard InChI is InChI=1S/C19H20ClN5OS/c1-12-16(17(20)24(2)23-12)18(26)22-19-21-14-8-9-25(11-15(14)27-19)10-13-6-4-3-5-7-13/h3-7H,8-11H2,1-2H3,(H,21,22,26). The smallest absolute Gasteiger partial charge is 0.262 e. The zero-order chi connectivity index (χ0) is 19.0. The van der Waals surface area contributed by atoms with E-state index in [1.807, 2.05) is 6.07 Å². The topological polar surface area (TPSA) is 63.1 Å². The summed E-state index contributed by atoms with van der Waals surface area (Å²) in [4.78, 5) is 20.8. The zero-order valence-electron chi connectivity index (χ0n) is 15.2. The van der Waals surface area contributed by atoms with Crippen molar-refractivity contribution in [2.24, 2.45) is 7.05 Å². The molecule has 140 valence electrons. The lowest BCUT2D eigenvalue weighted by molar-refractivity contribution is 0.102. The first kappa shape index (κ1) is 18.2. The van der Waals surface area contributed by atoms with Crippen LogP contribution in [0.2, 0.25) is 5.15 Å². The molecule has 1 N–H and O–H groups in total. The number of fused-ring (bicyclic) bond motifs is 1. The van der Waals surface area contributed by atoms with Crippen LogP contribution in [0.15, 0.2) is 30.3 Å². The van der Waals surface area contributed by atoms with Gasteiger partial charge in [0.2, 0.25) is 0 Å². The lowest BCUT2D eigenvalue weighted by Gasteiger charge is -2.25. The van der Waals surface area contributed by atoms with Crippen molar-refractivity contribution in [3.05, 3.63) is 62.9 Å². The van der Waals surface area contributed by atoms with E-state index < -0.39 is 0 Å². The Morgan fingerprint density at radius 3 is 2.81 bits per heavy atom. The SMILES string of the molecule is Cc1nn(C)c(Cl)c1C(=O)Nc1nc2c(s1)CN(Cc1ccccc1)CC2. The minimum absolute atomic E-state index is 0.266. The number of rotatable bonds is 4. The lowest BCUT2D eigenvalue weighted by atomic mass is 10.1. The van der Waals surface area contributed by atoms with Gasteiger partial charge in [-0.3, -0.25) is 19.7 Å². The van der Waals surface area contributed by atoms with E-state index >= 15 is 0 Å². The fourth-order valence-electron chi connectivity index (χ4n) is 3.33. The second-order valence-electron chi connectivity index (χ2n) is 6.66. The van der Waals surface area contributed by atoms with Gasteiger partial charge in [-0.15, -0.1) is 11.3 Å². The summed E-state index contributed by atoms with van der Waals surface area (Å²) >= 11 is 7.72. The van der Waals surface area contributed by atoms with Gasteiger partial charge >= 0.3 is 0 Å². The Balaban J connectivity index is 1.46. The summed E-state index contributed by atoms with van der Waals surface area (Å²) < 4.78 is 1.50. The summed E-state index contributed by atoms with van der Waals surface area (Å²) in [5.41, 5.74) is 3.39. The lowest BCUT2D eigenvalue weighted by Crippen LogP contribution is -2.29. The van der Waals surface area contributed by atoms with E-state index in [9.17, 15) is 4.79 Å². The molecule has 0 spiro atoms. The maximum absolute atomic E-state index is 12.6. The summed E-state index contributed by atoms with van der Waals surface area (Å²) in [6, 6.07) is 10.5. The summed E-state index contributed by atoms with van der Waals surface area (Å²) in [5, 5.41) is 8.03. The van der Waals surface area contributed by atoms with Gasteiger partial charge in [0.1, 0.15) is 5.15 Å². The van der Waals surface area contributed by atoms with E-state index in [4.69, 9.17) is 11.6 Å². The molecule has 2 aromatic heterocycles. The van der Waals surface area contributed by atoms with E-state index in [0.29, 0.717) is 21.5 Å². The van der Waals surface area contributed by atoms with Gasteiger partial charge in [-0.05, 0) is 12.5 Å². The zero-order valence-corrected chi connectivity index (χ0v) is 16.8. The van der Waals surface area contributed by atoms with Gasteiger partial charge < -0.3 is 0 Å². The molecule has 3 heterocycles. The number of anilines is 1. The van der Waals surface area contributed by atoms with Gasteiger partial charge in [-0.1, -0.05) is 41.9 Å². The van der Waals surface area contributed by atoms with Crippen molar-refractivity contribution in [2.45, 2.75) is 26.4 Å². The Morgan fingerprint density at radius 2 is 2.11 bits per heavy atom. The minimum Gasteiger partial charge on any atom is -0.298 e. The molecule has 0 saturated carbocycles. The number of hydrogen-bond donors (Lipinski definition) is 1. The fraction of sp³-hybridized carbons (Fsp3) is 0.316. The molecule has 1 aromatic carbocycles. The van der Waals surface area contributed by atoms with Crippen LogP contribution in [-0.4, -0.2) is 32.1 Å². The number of halogens is 1. The number of carbonyl (C=O) groups excluding carboxylic acids is 1. The minimum atomic E-state index is -0.266. The first-order valence-electron chi connectivity index (χ1n) is 8.76. The summed E-state index contributed by atoms with van der Waals surface area (Å²) in [7, 11) is 1.72. The van der Waals surface area contributed by atoms with Crippen LogP contribution in [0.1, 0.15) is 32.2 Å². The molecule has 1 aliphatic heterocycles. The number of nitrogens with one attached hydrogen (secondary N) is 1. The van der Waals surface area contributed by atoms with Crippen molar-refractivity contribution in [3.8, 4) is 0 Å². The predicted molar refractivity (Wildman–Crippen MR) is 107 cm³/mol. The van der Waals surface area contributed by atoms with Gasteiger partial charge in [0.05, 0.1) is 17.0 Å². The number of carbonyl (C=O) groups is 1. The van der Waals surface area contributed by atoms with Gasteiger partial charge in [0.25, 0.3) is 5.91 Å². The number of aryl methyl sites for hydroxylation is 2. The first-order valence-corrected chi connectivity index (χ1v) is 9.96. The molecule has 0 aliphatic carbocycles. The molecule has 6 nitrogen and oxygen atoms in total. The van der Waals surface area contributed by atoms with Crippen LogP contribution < -0.4 is 5.32 Å². The maximum atomic E-state index is 12.6. The molecule has 1 amide bonds. The average Bonchev–Trinajstić information content (AvgIpc) is 3.14. The van der Waals surface area contributed by atoms with E-state index in [2.05, 4.69) is 44.6 Å². The third-order valence-corrected chi connectivity index (χ3v) is 6.09. The molecule has 8 heteroatoms. The van der Waals surface area contributed by atoms with Crippen LogP contribution in [0.3, 0.4) is 0 Å². The molecule has 0 radical (unpaired) electrons. The van der Waals surface area contributed by atoms with Gasteiger partial charge in [0.15, 0.2) is 5.13 Å². The van der Waals surface area contributed by atoms with Gasteiger partial charge in [0, 0.05) is 38.0 Å². The third kappa shape index (κ3) is 3.76. The van der Waals surface area contributed by atoms with Crippen LogP contribution in [0.4, 0.5) is 5.13 Å². The molecule has 4 rings (SSSR count). The molecule has 0 atom stereocenters. The van der Waals surface area contributed by atoms with E-state index in [1.165, 1.54) is 26.5 Å². The number of amides is 1. The highest BCUT2D eigenvalue weighted by molar-refractivity contribution is 7.15. The molecule has 3 aromatic rings. The van der Waals surface area contributed by atoms with Crippen LogP contribution in [-0.2, 0) is 26.6 Å². The van der Waals surface area contributed by atoms with Crippen molar-refractivity contribution in [3.63, 3.8) is 0 Å². The Morgan fingerprint density at radius 1 is 1.33 bits per heavy atom. The number of benzene rings is 1.